The largest absolute Gasteiger partial charge is 0.299 e. The van der Waals surface area contributed by atoms with Crippen LogP contribution in [0.1, 0.15) is 148 Å². The van der Waals surface area contributed by atoms with Gasteiger partial charge in [0.05, 0.1) is 0 Å². The smallest absolute Gasteiger partial charge is 0.142 e. The Hall–Kier alpha value is -0.850. The lowest BCUT2D eigenvalue weighted by Gasteiger charge is -2.04. The minimum Gasteiger partial charge on any atom is -0.299 e. The van der Waals surface area contributed by atoms with Crippen molar-refractivity contribution in [2.75, 3.05) is 0 Å². The molecule has 0 amide bonds. The molecule has 0 saturated heterocycles. The summed E-state index contributed by atoms with van der Waals surface area (Å²) >= 11 is 0. The van der Waals surface area contributed by atoms with E-state index in [0.717, 1.165) is 12.7 Å². The molecule has 0 aliphatic heterocycles. The maximum Gasteiger partial charge on any atom is 0.142 e. The van der Waals surface area contributed by atoms with Crippen molar-refractivity contribution in [3.05, 3.63) is 24.3 Å². The molecule has 0 atom stereocenters. The van der Waals surface area contributed by atoms with Gasteiger partial charge < -0.3 is 0 Å². The number of allylic oxidation sites excluding steroid dienone is 4. The molecular weight excluding hydrogens is 352 g/mol. The van der Waals surface area contributed by atoms with E-state index in [1.54, 1.807) is 0 Å². The highest BCUT2D eigenvalue weighted by molar-refractivity contribution is 5.65. The predicted octanol–water partition coefficient (Wildman–Crippen LogP) is 9.90. The van der Waals surface area contributed by atoms with Gasteiger partial charge in [0.1, 0.15) is 6.29 Å². The zero-order chi connectivity index (χ0) is 21.1. The van der Waals surface area contributed by atoms with Gasteiger partial charge in [0, 0.05) is 0 Å². The molecule has 0 aromatic rings. The summed E-state index contributed by atoms with van der Waals surface area (Å²) in [7, 11) is 0. The van der Waals surface area contributed by atoms with E-state index in [0.29, 0.717) is 0 Å². The van der Waals surface area contributed by atoms with Gasteiger partial charge in [0.15, 0.2) is 0 Å². The lowest BCUT2D eigenvalue weighted by molar-refractivity contribution is -0.104. The van der Waals surface area contributed by atoms with Gasteiger partial charge in [-0.15, -0.1) is 0 Å². The molecular formula is C28H52O. The van der Waals surface area contributed by atoms with E-state index in [1.807, 2.05) is 12.2 Å². The Morgan fingerprint density at radius 1 is 0.414 bits per heavy atom. The Morgan fingerprint density at radius 2 is 0.759 bits per heavy atom. The molecule has 1 nitrogen and oxygen atoms in total. The topological polar surface area (TPSA) is 17.1 Å². The van der Waals surface area contributed by atoms with Crippen molar-refractivity contribution in [3.8, 4) is 0 Å². The molecule has 0 saturated carbocycles. The molecule has 29 heavy (non-hydrogen) atoms. The van der Waals surface area contributed by atoms with Crippen molar-refractivity contribution in [2.24, 2.45) is 0 Å². The second kappa shape index (κ2) is 27.1. The van der Waals surface area contributed by atoms with E-state index < -0.39 is 0 Å². The summed E-state index contributed by atoms with van der Waals surface area (Å²) < 4.78 is 0. The molecule has 0 aliphatic carbocycles. The summed E-state index contributed by atoms with van der Waals surface area (Å²) in [5, 5.41) is 0. The maximum absolute atomic E-state index is 10.1. The normalized spacial score (nSPS) is 11.8. The molecule has 0 spiro atoms. The van der Waals surface area contributed by atoms with Gasteiger partial charge in [-0.2, -0.15) is 0 Å². The van der Waals surface area contributed by atoms with Gasteiger partial charge in [0.25, 0.3) is 0 Å². The minimum absolute atomic E-state index is 0.822. The van der Waals surface area contributed by atoms with Crippen molar-refractivity contribution in [1.29, 1.82) is 0 Å². The summed E-state index contributed by atoms with van der Waals surface area (Å²) in [6.07, 6.45) is 39.6. The molecule has 170 valence electrons. The van der Waals surface area contributed by atoms with Crippen LogP contribution in [0.5, 0.6) is 0 Å². The predicted molar refractivity (Wildman–Crippen MR) is 132 cm³/mol. The quantitative estimate of drug-likeness (QED) is 0.0676. The number of unbranched alkanes of at least 4 members (excludes halogenated alkanes) is 21. The number of carbonyl (C=O) groups is 1. The fourth-order valence-electron chi connectivity index (χ4n) is 3.98. The molecule has 0 bridgehead atoms. The third kappa shape index (κ3) is 27.1. The number of hydrogen-bond donors (Lipinski definition) is 0. The molecule has 0 rings (SSSR count). The molecule has 0 heterocycles. The molecule has 0 aliphatic rings. The van der Waals surface area contributed by atoms with Crippen molar-refractivity contribution < 1.29 is 4.79 Å². The average molecular weight is 405 g/mol. The van der Waals surface area contributed by atoms with Crippen LogP contribution in [0.3, 0.4) is 0 Å². The zero-order valence-electron chi connectivity index (χ0n) is 19.9. The first-order valence-electron chi connectivity index (χ1n) is 13.2. The summed E-state index contributed by atoms with van der Waals surface area (Å²) in [5.41, 5.74) is 0. The molecule has 0 radical (unpaired) electrons. The fraction of sp³-hybridized carbons (Fsp3) is 0.821. The Balaban J connectivity index is 3.04. The minimum atomic E-state index is 0.822. The van der Waals surface area contributed by atoms with E-state index in [4.69, 9.17) is 0 Å². The van der Waals surface area contributed by atoms with Gasteiger partial charge in [-0.3, -0.25) is 4.79 Å². The van der Waals surface area contributed by atoms with Gasteiger partial charge >= 0.3 is 0 Å². The lowest BCUT2D eigenvalue weighted by Crippen LogP contribution is -1.84. The Bertz CT molecular complexity index is 355. The van der Waals surface area contributed by atoms with Crippen LogP contribution >= 0.6 is 0 Å². The number of rotatable bonds is 24. The van der Waals surface area contributed by atoms with E-state index >= 15 is 0 Å². The fourth-order valence-corrected chi connectivity index (χ4v) is 3.98. The number of carbonyl (C=O) groups excluding carboxylic acids is 1. The van der Waals surface area contributed by atoms with Crippen LogP contribution < -0.4 is 0 Å². The summed E-state index contributed by atoms with van der Waals surface area (Å²) in [4.78, 5) is 10.1. The van der Waals surface area contributed by atoms with Crippen molar-refractivity contribution in [2.45, 2.75) is 148 Å². The molecule has 0 aromatic heterocycles. The maximum atomic E-state index is 10.1. The summed E-state index contributed by atoms with van der Waals surface area (Å²) in [6.45, 7) is 2.30. The van der Waals surface area contributed by atoms with E-state index in [1.165, 1.54) is 141 Å². The van der Waals surface area contributed by atoms with E-state index in [-0.39, 0.29) is 0 Å². The van der Waals surface area contributed by atoms with Crippen LogP contribution in [0.2, 0.25) is 0 Å². The Kier molecular flexibility index (Phi) is 26.4. The Morgan fingerprint density at radius 3 is 1.10 bits per heavy atom. The van der Waals surface area contributed by atoms with Gasteiger partial charge in [-0.05, 0) is 18.9 Å². The van der Waals surface area contributed by atoms with Crippen molar-refractivity contribution in [1.82, 2.24) is 0 Å². The first kappa shape index (κ1) is 28.1. The Labute approximate surface area is 183 Å². The van der Waals surface area contributed by atoms with E-state index in [9.17, 15) is 4.79 Å². The molecule has 0 N–H and O–H groups in total. The van der Waals surface area contributed by atoms with Crippen LogP contribution in [0.4, 0.5) is 0 Å². The first-order chi connectivity index (χ1) is 14.4. The van der Waals surface area contributed by atoms with Crippen LogP contribution in [0, 0.1) is 0 Å². The van der Waals surface area contributed by atoms with Gasteiger partial charge in [-0.1, -0.05) is 154 Å². The molecule has 0 unspecified atom stereocenters. The summed E-state index contributed by atoms with van der Waals surface area (Å²) in [5.74, 6) is 0. The highest BCUT2D eigenvalue weighted by atomic mass is 16.1. The lowest BCUT2D eigenvalue weighted by atomic mass is 10.0. The van der Waals surface area contributed by atoms with Crippen LogP contribution in [0.25, 0.3) is 0 Å². The highest BCUT2D eigenvalue weighted by Crippen LogP contribution is 2.15. The van der Waals surface area contributed by atoms with Crippen LogP contribution in [-0.2, 0) is 4.79 Å². The SMILES string of the molecule is CCCCCCCCCCCCCCCCCCCCCCCC=CC=CC=O. The third-order valence-electron chi connectivity index (χ3n) is 5.91. The van der Waals surface area contributed by atoms with Gasteiger partial charge in [-0.25, -0.2) is 0 Å². The zero-order valence-corrected chi connectivity index (χ0v) is 19.9. The van der Waals surface area contributed by atoms with Crippen molar-refractivity contribution in [3.63, 3.8) is 0 Å². The second-order valence-corrected chi connectivity index (χ2v) is 8.81. The molecule has 0 fully saturated rings. The van der Waals surface area contributed by atoms with E-state index in [2.05, 4.69) is 13.0 Å². The monoisotopic (exact) mass is 404 g/mol. The molecule has 0 aromatic carbocycles. The highest BCUT2D eigenvalue weighted by Gasteiger charge is 1.95. The van der Waals surface area contributed by atoms with Gasteiger partial charge in [0.2, 0.25) is 0 Å². The first-order valence-corrected chi connectivity index (χ1v) is 13.2. The number of aldehydes is 1. The van der Waals surface area contributed by atoms with Crippen LogP contribution in [-0.4, -0.2) is 6.29 Å². The molecule has 1 heteroatoms. The second-order valence-electron chi connectivity index (χ2n) is 8.81. The van der Waals surface area contributed by atoms with Crippen molar-refractivity contribution >= 4 is 6.29 Å². The third-order valence-corrected chi connectivity index (χ3v) is 5.91. The summed E-state index contributed by atoms with van der Waals surface area (Å²) in [6, 6.07) is 0. The standard InChI is InChI=1S/C28H52O/c1-2-3-4-5-6-7-8-9-10-11-12-13-14-15-16-17-18-19-20-21-22-23-24-25-26-27-28-29/h24-28H,2-23H2,1H3. The average Bonchev–Trinajstić information content (AvgIpc) is 2.74. The number of hydrogen-bond acceptors (Lipinski definition) is 1. The van der Waals surface area contributed by atoms with Crippen LogP contribution in [0.15, 0.2) is 24.3 Å².